The van der Waals surface area contributed by atoms with Crippen molar-refractivity contribution < 1.29 is 4.74 Å². The van der Waals surface area contributed by atoms with Crippen LogP contribution in [0.3, 0.4) is 0 Å². The molecule has 1 aliphatic heterocycles. The average Bonchev–Trinajstić information content (AvgIpc) is 2.48. The number of nitrogens with zero attached hydrogens (tertiary/aromatic N) is 2. The lowest BCUT2D eigenvalue weighted by Gasteiger charge is -2.28. The minimum absolute atomic E-state index is 0.823. The molecule has 1 fully saturated rings. The number of aromatic nitrogens is 1. The van der Waals surface area contributed by atoms with E-state index in [2.05, 4.69) is 47.1 Å². The zero-order chi connectivity index (χ0) is 13.1. The molecule has 1 aliphatic rings. The van der Waals surface area contributed by atoms with Crippen molar-refractivity contribution in [2.45, 2.75) is 6.92 Å². The van der Waals surface area contributed by atoms with Gasteiger partial charge in [0.2, 0.25) is 0 Å². The van der Waals surface area contributed by atoms with Crippen LogP contribution in [0.4, 0.5) is 5.69 Å². The van der Waals surface area contributed by atoms with Crippen molar-refractivity contribution in [2.24, 2.45) is 0 Å². The van der Waals surface area contributed by atoms with E-state index in [1.54, 1.807) is 0 Å². The summed E-state index contributed by atoms with van der Waals surface area (Å²) in [6, 6.07) is 10.9. The molecule has 0 unspecified atom stereocenters. The SMILES string of the molecule is Cc1cncc(-c2ccc(N3CCOCC3)cc2)c1. The molecule has 19 heavy (non-hydrogen) atoms. The lowest BCUT2D eigenvalue weighted by molar-refractivity contribution is 0.122. The van der Waals surface area contributed by atoms with Gasteiger partial charge in [0, 0.05) is 36.7 Å². The van der Waals surface area contributed by atoms with Crippen molar-refractivity contribution in [2.75, 3.05) is 31.2 Å². The molecule has 0 radical (unpaired) electrons. The number of benzene rings is 1. The monoisotopic (exact) mass is 254 g/mol. The maximum Gasteiger partial charge on any atom is 0.0642 e. The second-order valence-electron chi connectivity index (χ2n) is 4.90. The first-order chi connectivity index (χ1) is 9.33. The molecule has 0 bridgehead atoms. The van der Waals surface area contributed by atoms with E-state index in [0.717, 1.165) is 26.3 Å². The molecule has 1 aromatic carbocycles. The van der Waals surface area contributed by atoms with Gasteiger partial charge in [0.15, 0.2) is 0 Å². The largest absolute Gasteiger partial charge is 0.378 e. The van der Waals surface area contributed by atoms with Crippen molar-refractivity contribution in [3.05, 3.63) is 48.3 Å². The second-order valence-corrected chi connectivity index (χ2v) is 4.90. The van der Waals surface area contributed by atoms with Crippen LogP contribution in [0.2, 0.25) is 0 Å². The lowest BCUT2D eigenvalue weighted by atomic mass is 10.1. The predicted molar refractivity (Wildman–Crippen MR) is 77.4 cm³/mol. The van der Waals surface area contributed by atoms with E-state index in [0.29, 0.717) is 0 Å². The van der Waals surface area contributed by atoms with Gasteiger partial charge < -0.3 is 9.64 Å². The highest BCUT2D eigenvalue weighted by atomic mass is 16.5. The molecule has 3 heteroatoms. The fourth-order valence-electron chi connectivity index (χ4n) is 2.40. The van der Waals surface area contributed by atoms with Crippen LogP contribution in [0, 0.1) is 6.92 Å². The lowest BCUT2D eigenvalue weighted by Crippen LogP contribution is -2.36. The maximum absolute atomic E-state index is 5.38. The molecule has 1 saturated heterocycles. The highest BCUT2D eigenvalue weighted by molar-refractivity contribution is 5.66. The van der Waals surface area contributed by atoms with Gasteiger partial charge >= 0.3 is 0 Å². The zero-order valence-corrected chi connectivity index (χ0v) is 11.2. The van der Waals surface area contributed by atoms with Gasteiger partial charge in [0.05, 0.1) is 13.2 Å². The van der Waals surface area contributed by atoms with E-state index in [-0.39, 0.29) is 0 Å². The van der Waals surface area contributed by atoms with Crippen molar-refractivity contribution in [3.8, 4) is 11.1 Å². The Morgan fingerprint density at radius 3 is 2.42 bits per heavy atom. The summed E-state index contributed by atoms with van der Waals surface area (Å²) in [4.78, 5) is 6.61. The van der Waals surface area contributed by atoms with Crippen molar-refractivity contribution in [3.63, 3.8) is 0 Å². The minimum atomic E-state index is 0.823. The predicted octanol–water partition coefficient (Wildman–Crippen LogP) is 2.89. The van der Waals surface area contributed by atoms with Crippen LogP contribution < -0.4 is 4.90 Å². The maximum atomic E-state index is 5.38. The number of morpholine rings is 1. The minimum Gasteiger partial charge on any atom is -0.378 e. The Balaban J connectivity index is 1.82. The van der Waals surface area contributed by atoms with Crippen LogP contribution >= 0.6 is 0 Å². The third-order valence-electron chi connectivity index (χ3n) is 3.45. The van der Waals surface area contributed by atoms with Crippen LogP contribution in [0.5, 0.6) is 0 Å². The van der Waals surface area contributed by atoms with Gasteiger partial charge in [-0.05, 0) is 36.2 Å². The Kier molecular flexibility index (Phi) is 3.47. The number of ether oxygens (including phenoxy) is 1. The van der Waals surface area contributed by atoms with E-state index in [1.165, 1.54) is 22.4 Å². The molecular weight excluding hydrogens is 236 g/mol. The van der Waals surface area contributed by atoms with Gasteiger partial charge in [-0.3, -0.25) is 4.98 Å². The van der Waals surface area contributed by atoms with Crippen molar-refractivity contribution in [1.82, 2.24) is 4.98 Å². The average molecular weight is 254 g/mol. The van der Waals surface area contributed by atoms with Crippen LogP contribution in [-0.2, 0) is 4.74 Å². The summed E-state index contributed by atoms with van der Waals surface area (Å²) < 4.78 is 5.38. The smallest absolute Gasteiger partial charge is 0.0642 e. The van der Waals surface area contributed by atoms with E-state index >= 15 is 0 Å². The second kappa shape index (κ2) is 5.41. The van der Waals surface area contributed by atoms with Crippen LogP contribution in [0.1, 0.15) is 5.56 Å². The molecule has 3 nitrogen and oxygen atoms in total. The molecule has 1 aromatic heterocycles. The Labute approximate surface area is 113 Å². The number of rotatable bonds is 2. The zero-order valence-electron chi connectivity index (χ0n) is 11.2. The first kappa shape index (κ1) is 12.2. The van der Waals surface area contributed by atoms with Gasteiger partial charge in [0.1, 0.15) is 0 Å². The van der Waals surface area contributed by atoms with E-state index in [9.17, 15) is 0 Å². The third-order valence-corrected chi connectivity index (χ3v) is 3.45. The summed E-state index contributed by atoms with van der Waals surface area (Å²) in [5.41, 5.74) is 4.85. The first-order valence-electron chi connectivity index (χ1n) is 6.68. The van der Waals surface area contributed by atoms with Gasteiger partial charge in [-0.25, -0.2) is 0 Å². The Morgan fingerprint density at radius 2 is 1.74 bits per heavy atom. The van der Waals surface area contributed by atoms with E-state index < -0.39 is 0 Å². The molecule has 0 atom stereocenters. The van der Waals surface area contributed by atoms with Gasteiger partial charge in [-0.2, -0.15) is 0 Å². The molecular formula is C16H18N2O. The highest BCUT2D eigenvalue weighted by Gasteiger charge is 2.10. The normalized spacial score (nSPS) is 15.5. The van der Waals surface area contributed by atoms with E-state index in [1.807, 2.05) is 12.4 Å². The number of aryl methyl sites for hydroxylation is 1. The molecule has 0 aliphatic carbocycles. The Hall–Kier alpha value is -1.87. The summed E-state index contributed by atoms with van der Waals surface area (Å²) in [5, 5.41) is 0. The van der Waals surface area contributed by atoms with Gasteiger partial charge in [0.25, 0.3) is 0 Å². The van der Waals surface area contributed by atoms with Crippen LogP contribution in [-0.4, -0.2) is 31.3 Å². The Bertz CT molecular complexity index is 545. The molecule has 98 valence electrons. The molecule has 2 aromatic rings. The molecule has 3 rings (SSSR count). The molecule has 0 saturated carbocycles. The summed E-state index contributed by atoms with van der Waals surface area (Å²) >= 11 is 0. The van der Waals surface area contributed by atoms with E-state index in [4.69, 9.17) is 4.74 Å². The standard InChI is InChI=1S/C16H18N2O/c1-13-10-15(12-17-11-13)14-2-4-16(5-3-14)18-6-8-19-9-7-18/h2-5,10-12H,6-9H2,1H3. The molecule has 0 spiro atoms. The number of hydrogen-bond donors (Lipinski definition) is 0. The quantitative estimate of drug-likeness (QED) is 0.824. The molecule has 0 amide bonds. The fraction of sp³-hybridized carbons (Fsp3) is 0.312. The number of pyridine rings is 1. The van der Waals surface area contributed by atoms with Crippen molar-refractivity contribution >= 4 is 5.69 Å². The highest BCUT2D eigenvalue weighted by Crippen LogP contribution is 2.23. The molecule has 0 N–H and O–H groups in total. The number of anilines is 1. The third kappa shape index (κ3) is 2.76. The fourth-order valence-corrected chi connectivity index (χ4v) is 2.40. The summed E-state index contributed by atoms with van der Waals surface area (Å²) in [5.74, 6) is 0. The van der Waals surface area contributed by atoms with Crippen molar-refractivity contribution in [1.29, 1.82) is 0 Å². The first-order valence-corrected chi connectivity index (χ1v) is 6.68. The topological polar surface area (TPSA) is 25.4 Å². The van der Waals surface area contributed by atoms with Gasteiger partial charge in [-0.15, -0.1) is 0 Å². The summed E-state index contributed by atoms with van der Waals surface area (Å²) in [6.45, 7) is 5.67. The summed E-state index contributed by atoms with van der Waals surface area (Å²) in [7, 11) is 0. The van der Waals surface area contributed by atoms with Gasteiger partial charge in [-0.1, -0.05) is 12.1 Å². The Morgan fingerprint density at radius 1 is 1.00 bits per heavy atom. The number of hydrogen-bond acceptors (Lipinski definition) is 3. The molecule has 2 heterocycles. The van der Waals surface area contributed by atoms with Crippen LogP contribution in [0.25, 0.3) is 11.1 Å². The van der Waals surface area contributed by atoms with Crippen LogP contribution in [0.15, 0.2) is 42.7 Å². The summed E-state index contributed by atoms with van der Waals surface area (Å²) in [6.07, 6.45) is 3.79.